The Bertz CT molecular complexity index is 984. The summed E-state index contributed by atoms with van der Waals surface area (Å²) < 4.78 is 39.6. The molecule has 5 atom stereocenters. The van der Waals surface area contributed by atoms with Crippen LogP contribution in [0.15, 0.2) is 12.1 Å². The lowest BCUT2D eigenvalue weighted by Crippen LogP contribution is -2.44. The Kier molecular flexibility index (Phi) is 10.1. The normalized spacial score (nSPS) is 28.5. The van der Waals surface area contributed by atoms with Crippen LogP contribution in [0.1, 0.15) is 82.9 Å². The highest BCUT2D eigenvalue weighted by molar-refractivity contribution is 5.80. The summed E-state index contributed by atoms with van der Waals surface area (Å²) in [4.78, 5) is 28.9. The molecule has 4 aliphatic rings. The Morgan fingerprint density at radius 3 is 2.39 bits per heavy atom. The summed E-state index contributed by atoms with van der Waals surface area (Å²) in [6.07, 6.45) is 1.40. The average molecular weight is 540 g/mol. The maximum Gasteiger partial charge on any atom is 0.416 e. The Morgan fingerprint density at radius 1 is 1.08 bits per heavy atom. The molecular formula is C29H44F3N3O3. The van der Waals surface area contributed by atoms with Crippen molar-refractivity contribution in [3.63, 3.8) is 0 Å². The fraction of sp³-hybridized carbons (Fsp3) is 0.724. The Morgan fingerprint density at radius 2 is 1.76 bits per heavy atom. The van der Waals surface area contributed by atoms with Crippen molar-refractivity contribution in [2.24, 2.45) is 23.7 Å². The zero-order chi connectivity index (χ0) is 28.2. The fourth-order valence-corrected chi connectivity index (χ4v) is 6.76. The Hall–Kier alpha value is -2.29. The van der Waals surface area contributed by atoms with Gasteiger partial charge in [-0.2, -0.15) is 13.2 Å². The highest BCUT2D eigenvalue weighted by Crippen LogP contribution is 2.44. The summed E-state index contributed by atoms with van der Waals surface area (Å²) in [5.74, 6) is -0.434. The van der Waals surface area contributed by atoms with Crippen LogP contribution < -0.4 is 5.73 Å². The zero-order valence-electron chi connectivity index (χ0n) is 23.2. The lowest BCUT2D eigenvalue weighted by Gasteiger charge is -2.37. The van der Waals surface area contributed by atoms with Crippen molar-refractivity contribution in [3.8, 4) is 0 Å². The summed E-state index contributed by atoms with van der Waals surface area (Å²) in [5, 5.41) is 9.48. The molecule has 5 unspecified atom stereocenters. The second-order valence-electron chi connectivity index (χ2n) is 11.1. The molecule has 2 saturated carbocycles. The molecule has 0 aromatic heterocycles. The largest absolute Gasteiger partial charge is 0.481 e. The van der Waals surface area contributed by atoms with E-state index in [1.165, 1.54) is 6.42 Å². The number of carboxylic acid groups (broad SMARTS) is 1. The number of halogens is 3. The van der Waals surface area contributed by atoms with Crippen LogP contribution in [-0.2, 0) is 28.7 Å². The van der Waals surface area contributed by atoms with Gasteiger partial charge in [-0.3, -0.25) is 14.5 Å². The molecule has 5 rings (SSSR count). The first-order chi connectivity index (χ1) is 18.0. The van der Waals surface area contributed by atoms with Gasteiger partial charge in [-0.05, 0) is 73.6 Å². The number of nitrogen functional groups attached to an aromatic ring is 1. The molecule has 3 fully saturated rings. The maximum absolute atomic E-state index is 13.3. The molecule has 2 bridgehead atoms. The first kappa shape index (κ1) is 30.3. The number of piperidine rings is 1. The predicted octanol–water partition coefficient (Wildman–Crippen LogP) is 5.83. The van der Waals surface area contributed by atoms with Gasteiger partial charge >= 0.3 is 12.1 Å². The van der Waals surface area contributed by atoms with Crippen LogP contribution in [0.4, 0.5) is 18.9 Å². The number of amides is 1. The first-order valence-electron chi connectivity index (χ1n) is 14.3. The third-order valence-electron chi connectivity index (χ3n) is 8.35. The number of nitrogens with two attached hydrogens (primary N) is 1. The van der Waals surface area contributed by atoms with E-state index in [0.717, 1.165) is 57.3 Å². The van der Waals surface area contributed by atoms with Crippen LogP contribution in [0.5, 0.6) is 0 Å². The number of alkyl halides is 3. The maximum atomic E-state index is 13.3. The molecule has 0 radical (unpaired) electrons. The number of nitrogens with zero attached hydrogens (tertiary/aromatic N) is 2. The predicted molar refractivity (Wildman–Crippen MR) is 142 cm³/mol. The van der Waals surface area contributed by atoms with Crippen LogP contribution in [0.3, 0.4) is 0 Å². The second-order valence-corrected chi connectivity index (χ2v) is 11.1. The molecular weight excluding hydrogens is 495 g/mol. The number of hydrogen-bond donors (Lipinski definition) is 2. The highest BCUT2D eigenvalue weighted by Gasteiger charge is 2.46. The molecule has 1 amide bonds. The van der Waals surface area contributed by atoms with E-state index in [-0.39, 0.29) is 41.9 Å². The van der Waals surface area contributed by atoms with Crippen LogP contribution in [0, 0.1) is 23.7 Å². The van der Waals surface area contributed by atoms with E-state index in [0.29, 0.717) is 30.0 Å². The summed E-state index contributed by atoms with van der Waals surface area (Å²) >= 11 is 0. The molecule has 214 valence electrons. The summed E-state index contributed by atoms with van der Waals surface area (Å²) in [6.45, 7) is 10.6. The van der Waals surface area contributed by atoms with E-state index in [9.17, 15) is 27.9 Å². The number of carboxylic acids is 1. The molecule has 2 aliphatic carbocycles. The van der Waals surface area contributed by atoms with Crippen molar-refractivity contribution in [3.05, 3.63) is 28.8 Å². The molecule has 1 aromatic carbocycles. The van der Waals surface area contributed by atoms with E-state index >= 15 is 0 Å². The minimum atomic E-state index is -4.47. The van der Waals surface area contributed by atoms with Crippen molar-refractivity contribution < 1.29 is 27.9 Å². The number of benzene rings is 1. The van der Waals surface area contributed by atoms with Crippen LogP contribution in [-0.4, -0.2) is 52.5 Å². The summed E-state index contributed by atoms with van der Waals surface area (Å²) in [5.41, 5.74) is 6.47. The Balaban J connectivity index is 0.000000748. The van der Waals surface area contributed by atoms with E-state index in [4.69, 9.17) is 5.73 Å². The average Bonchev–Trinajstić information content (AvgIpc) is 3.49. The number of hydrogen-bond acceptors (Lipinski definition) is 4. The number of rotatable bonds is 3. The quantitative estimate of drug-likeness (QED) is 0.473. The number of aliphatic carboxylic acids is 1. The minimum Gasteiger partial charge on any atom is -0.481 e. The third-order valence-corrected chi connectivity index (χ3v) is 8.35. The third kappa shape index (κ3) is 6.64. The van der Waals surface area contributed by atoms with E-state index in [1.807, 2.05) is 13.8 Å². The van der Waals surface area contributed by atoms with Gasteiger partial charge in [0.2, 0.25) is 5.91 Å². The van der Waals surface area contributed by atoms with Gasteiger partial charge in [-0.15, -0.1) is 0 Å². The topological polar surface area (TPSA) is 86.9 Å². The van der Waals surface area contributed by atoms with Crippen molar-refractivity contribution in [2.75, 3.05) is 25.4 Å². The number of carbonyl (C=O) groups is 2. The number of fused-ring (bicyclic) bond motifs is 3. The van der Waals surface area contributed by atoms with Gasteiger partial charge in [-0.1, -0.05) is 34.1 Å². The molecule has 0 spiro atoms. The van der Waals surface area contributed by atoms with Gasteiger partial charge < -0.3 is 15.7 Å². The molecule has 3 N–H and O–H groups in total. The first-order valence-corrected chi connectivity index (χ1v) is 14.3. The molecule has 9 heteroatoms. The number of likely N-dealkylation sites (tertiary alicyclic amines) is 1. The molecule has 1 aromatic rings. The lowest BCUT2D eigenvalue weighted by molar-refractivity contribution is -0.143. The standard InChI is InChI=1S/C24H30F3N3O3.C3H8.C2H6/c25-24(26,27)17-7-16-11-29(4-3-19(16)21(28)9-17)22(31)14-1-2-18(8-14)30-10-13-5-15(12-30)20(6-13)23(32)33;1-3-2;1-2/h7,9,13-15,18,20H,1-6,8,10-12,28H2,(H,32,33);3H2,1-2H3;1-2H3. The SMILES string of the molecule is CC.CCC.Nc1cc(C(F)(F)F)cc2c1CCN(C(=O)C1CCC(N3CC4CC(C3)C(C(=O)O)C4)C1)C2. The second kappa shape index (κ2) is 12.7. The van der Waals surface area contributed by atoms with Crippen molar-refractivity contribution in [1.82, 2.24) is 9.80 Å². The summed E-state index contributed by atoms with van der Waals surface area (Å²) in [6, 6.07) is 2.39. The molecule has 38 heavy (non-hydrogen) atoms. The van der Waals surface area contributed by atoms with E-state index < -0.39 is 17.7 Å². The van der Waals surface area contributed by atoms with Crippen molar-refractivity contribution in [1.29, 1.82) is 0 Å². The van der Waals surface area contributed by atoms with Crippen LogP contribution in [0.2, 0.25) is 0 Å². The van der Waals surface area contributed by atoms with Gasteiger partial charge in [-0.25, -0.2) is 0 Å². The van der Waals surface area contributed by atoms with Crippen LogP contribution >= 0.6 is 0 Å². The minimum absolute atomic E-state index is 0.0162. The van der Waals surface area contributed by atoms with Gasteiger partial charge in [0.05, 0.1) is 11.5 Å². The molecule has 2 heterocycles. The van der Waals surface area contributed by atoms with E-state index in [2.05, 4.69) is 18.7 Å². The smallest absolute Gasteiger partial charge is 0.416 e. The monoisotopic (exact) mass is 539 g/mol. The molecule has 6 nitrogen and oxygen atoms in total. The zero-order valence-corrected chi connectivity index (χ0v) is 23.2. The number of anilines is 1. The number of carbonyl (C=O) groups excluding carboxylic acids is 1. The molecule has 1 saturated heterocycles. The van der Waals surface area contributed by atoms with Gasteiger partial charge in [0.15, 0.2) is 0 Å². The van der Waals surface area contributed by atoms with Gasteiger partial charge in [0, 0.05) is 43.8 Å². The van der Waals surface area contributed by atoms with E-state index in [1.54, 1.807) is 4.90 Å². The van der Waals surface area contributed by atoms with Crippen LogP contribution in [0.25, 0.3) is 0 Å². The summed E-state index contributed by atoms with van der Waals surface area (Å²) in [7, 11) is 0. The lowest BCUT2D eigenvalue weighted by atomic mass is 9.93. The fourth-order valence-electron chi connectivity index (χ4n) is 6.76. The van der Waals surface area contributed by atoms with Crippen molar-refractivity contribution in [2.45, 2.75) is 91.4 Å². The van der Waals surface area contributed by atoms with Gasteiger partial charge in [0.1, 0.15) is 0 Å². The van der Waals surface area contributed by atoms with Gasteiger partial charge in [0.25, 0.3) is 0 Å². The highest BCUT2D eigenvalue weighted by atomic mass is 19.4. The molecule has 2 aliphatic heterocycles. The van der Waals surface area contributed by atoms with Crippen molar-refractivity contribution >= 4 is 17.6 Å². The Labute approximate surface area is 224 Å².